The van der Waals surface area contributed by atoms with Crippen LogP contribution in [-0.4, -0.2) is 7.11 Å². The van der Waals surface area contributed by atoms with Crippen LogP contribution in [-0.2, 0) is 0 Å². The van der Waals surface area contributed by atoms with Crippen LogP contribution in [0.1, 0.15) is 0 Å². The molecule has 0 amide bonds. The van der Waals surface area contributed by atoms with E-state index in [2.05, 4.69) is 24.3 Å². The first-order chi connectivity index (χ1) is 11.7. The molecule has 0 aliphatic heterocycles. The first-order valence-electron chi connectivity index (χ1n) is 7.73. The van der Waals surface area contributed by atoms with Crippen LogP contribution in [0.5, 0.6) is 5.75 Å². The van der Waals surface area contributed by atoms with Crippen LogP contribution in [0.4, 0.5) is 5.69 Å². The van der Waals surface area contributed by atoms with Gasteiger partial charge < -0.3 is 10.5 Å². The Hall–Kier alpha value is -2.71. The summed E-state index contributed by atoms with van der Waals surface area (Å²) >= 11 is 6.25. The summed E-state index contributed by atoms with van der Waals surface area (Å²) in [6.07, 6.45) is 0. The highest BCUT2D eigenvalue weighted by molar-refractivity contribution is 6.31. The zero-order valence-electron chi connectivity index (χ0n) is 13.2. The van der Waals surface area contributed by atoms with Crippen molar-refractivity contribution in [3.05, 3.63) is 71.8 Å². The van der Waals surface area contributed by atoms with Gasteiger partial charge in [0.15, 0.2) is 0 Å². The molecule has 0 saturated heterocycles. The number of nitrogens with two attached hydrogens (primary N) is 1. The predicted octanol–water partition coefficient (Wildman–Crippen LogP) is 5.90. The number of nitrogen functional groups attached to an aromatic ring is 1. The van der Waals surface area contributed by atoms with Gasteiger partial charge in [-0.3, -0.25) is 0 Å². The van der Waals surface area contributed by atoms with Crippen molar-refractivity contribution in [1.82, 2.24) is 0 Å². The van der Waals surface area contributed by atoms with Gasteiger partial charge in [0.25, 0.3) is 0 Å². The van der Waals surface area contributed by atoms with Crippen LogP contribution in [0, 0.1) is 0 Å². The van der Waals surface area contributed by atoms with E-state index in [-0.39, 0.29) is 0 Å². The molecule has 0 radical (unpaired) electrons. The normalized spacial score (nSPS) is 11.1. The second kappa shape index (κ2) is 5.73. The lowest BCUT2D eigenvalue weighted by atomic mass is 9.91. The summed E-state index contributed by atoms with van der Waals surface area (Å²) in [6, 6.07) is 22.1. The van der Waals surface area contributed by atoms with Gasteiger partial charge >= 0.3 is 0 Å². The van der Waals surface area contributed by atoms with E-state index >= 15 is 0 Å². The fourth-order valence-corrected chi connectivity index (χ4v) is 3.51. The zero-order chi connectivity index (χ0) is 16.7. The summed E-state index contributed by atoms with van der Waals surface area (Å²) in [5.74, 6) is 0.756. The molecular weight excluding hydrogens is 318 g/mol. The van der Waals surface area contributed by atoms with Crippen molar-refractivity contribution in [2.75, 3.05) is 12.8 Å². The zero-order valence-corrected chi connectivity index (χ0v) is 14.0. The van der Waals surface area contributed by atoms with Crippen molar-refractivity contribution in [3.63, 3.8) is 0 Å². The second-order valence-electron chi connectivity index (χ2n) is 5.72. The fraction of sp³-hybridized carbons (Fsp3) is 0.0476. The standard InChI is InChI=1S/C21H16ClNO/c1-24-19-11-10-13(22)12-18(19)20-16-8-4-2-6-14(16)15-7-3-5-9-17(15)21(20)23/h2-12H,23H2,1H3. The van der Waals surface area contributed by atoms with E-state index in [1.54, 1.807) is 7.11 Å². The van der Waals surface area contributed by atoms with Gasteiger partial charge in [-0.1, -0.05) is 60.1 Å². The molecule has 0 saturated carbocycles. The molecule has 0 aliphatic carbocycles. The number of halogens is 1. The Morgan fingerprint density at radius 3 is 2.04 bits per heavy atom. The molecule has 3 heteroatoms. The van der Waals surface area contributed by atoms with Crippen LogP contribution >= 0.6 is 11.6 Å². The van der Waals surface area contributed by atoms with Gasteiger partial charge in [-0.2, -0.15) is 0 Å². The smallest absolute Gasteiger partial charge is 0.126 e. The van der Waals surface area contributed by atoms with E-state index in [0.717, 1.165) is 38.7 Å². The number of hydrogen-bond donors (Lipinski definition) is 1. The van der Waals surface area contributed by atoms with E-state index in [4.69, 9.17) is 22.1 Å². The number of benzene rings is 4. The Morgan fingerprint density at radius 2 is 1.38 bits per heavy atom. The maximum absolute atomic E-state index is 6.59. The first kappa shape index (κ1) is 14.9. The summed E-state index contributed by atoms with van der Waals surface area (Å²) in [5, 5.41) is 5.10. The molecule has 0 atom stereocenters. The minimum atomic E-state index is 0.655. The third-order valence-corrected chi connectivity index (χ3v) is 4.64. The maximum Gasteiger partial charge on any atom is 0.126 e. The van der Waals surface area contributed by atoms with Crippen LogP contribution in [0.3, 0.4) is 0 Å². The quantitative estimate of drug-likeness (QED) is 0.366. The number of ether oxygens (including phenoxy) is 1. The largest absolute Gasteiger partial charge is 0.496 e. The summed E-state index contributed by atoms with van der Waals surface area (Å²) in [6.45, 7) is 0. The Labute approximate surface area is 145 Å². The minimum Gasteiger partial charge on any atom is -0.496 e. The monoisotopic (exact) mass is 333 g/mol. The van der Waals surface area contributed by atoms with Crippen molar-refractivity contribution in [3.8, 4) is 16.9 Å². The van der Waals surface area contributed by atoms with Gasteiger partial charge in [0.05, 0.1) is 7.11 Å². The number of anilines is 1. The molecule has 2 nitrogen and oxygen atoms in total. The van der Waals surface area contributed by atoms with Gasteiger partial charge in [-0.15, -0.1) is 0 Å². The molecule has 0 unspecified atom stereocenters. The third-order valence-electron chi connectivity index (χ3n) is 4.40. The van der Waals surface area contributed by atoms with Gasteiger partial charge in [0.1, 0.15) is 5.75 Å². The fourth-order valence-electron chi connectivity index (χ4n) is 3.33. The minimum absolute atomic E-state index is 0.655. The first-order valence-corrected chi connectivity index (χ1v) is 8.11. The average Bonchev–Trinajstić information content (AvgIpc) is 2.62. The third kappa shape index (κ3) is 2.19. The van der Waals surface area contributed by atoms with Crippen molar-refractivity contribution in [1.29, 1.82) is 0 Å². The SMILES string of the molecule is COc1ccc(Cl)cc1-c1c(N)c2ccccc2c2ccccc12. The number of fused-ring (bicyclic) bond motifs is 3. The van der Waals surface area contributed by atoms with Gasteiger partial charge in [0.2, 0.25) is 0 Å². The van der Waals surface area contributed by atoms with Crippen molar-refractivity contribution >= 4 is 38.8 Å². The Kier molecular flexibility index (Phi) is 3.55. The molecule has 24 heavy (non-hydrogen) atoms. The molecule has 0 heterocycles. The average molecular weight is 334 g/mol. The number of rotatable bonds is 2. The van der Waals surface area contributed by atoms with Crippen molar-refractivity contribution in [2.45, 2.75) is 0 Å². The van der Waals surface area contributed by atoms with E-state index < -0.39 is 0 Å². The maximum atomic E-state index is 6.59. The highest BCUT2D eigenvalue weighted by Gasteiger charge is 2.17. The molecule has 0 spiro atoms. The Morgan fingerprint density at radius 1 is 0.792 bits per heavy atom. The topological polar surface area (TPSA) is 35.2 Å². The second-order valence-corrected chi connectivity index (χ2v) is 6.16. The molecule has 0 aliphatic rings. The van der Waals surface area contributed by atoms with E-state index in [1.807, 2.05) is 42.5 Å². The van der Waals surface area contributed by atoms with E-state index in [0.29, 0.717) is 5.02 Å². The summed E-state index contributed by atoms with van der Waals surface area (Å²) in [4.78, 5) is 0. The molecular formula is C21H16ClNO. The Bertz CT molecular complexity index is 1070. The molecule has 0 bridgehead atoms. The molecule has 4 aromatic carbocycles. The van der Waals surface area contributed by atoms with E-state index in [9.17, 15) is 0 Å². The summed E-state index contributed by atoms with van der Waals surface area (Å²) in [7, 11) is 1.66. The van der Waals surface area contributed by atoms with Crippen molar-refractivity contribution < 1.29 is 4.74 Å². The van der Waals surface area contributed by atoms with Crippen LogP contribution < -0.4 is 10.5 Å². The van der Waals surface area contributed by atoms with Crippen LogP contribution in [0.25, 0.3) is 32.7 Å². The molecule has 0 aromatic heterocycles. The molecule has 2 N–H and O–H groups in total. The lowest BCUT2D eigenvalue weighted by Crippen LogP contribution is -1.96. The van der Waals surface area contributed by atoms with Crippen LogP contribution in [0.15, 0.2) is 66.7 Å². The highest BCUT2D eigenvalue weighted by atomic mass is 35.5. The summed E-state index contributed by atoms with van der Waals surface area (Å²) in [5.41, 5.74) is 9.20. The highest BCUT2D eigenvalue weighted by Crippen LogP contribution is 2.44. The summed E-state index contributed by atoms with van der Waals surface area (Å²) < 4.78 is 5.56. The lowest BCUT2D eigenvalue weighted by Gasteiger charge is -2.17. The van der Waals surface area contributed by atoms with Crippen LogP contribution in [0.2, 0.25) is 5.02 Å². The predicted molar refractivity (Wildman–Crippen MR) is 103 cm³/mol. The van der Waals surface area contributed by atoms with Gasteiger partial charge in [-0.25, -0.2) is 0 Å². The molecule has 0 fully saturated rings. The Balaban J connectivity index is 2.23. The van der Waals surface area contributed by atoms with Crippen molar-refractivity contribution in [2.24, 2.45) is 0 Å². The lowest BCUT2D eigenvalue weighted by molar-refractivity contribution is 0.416. The molecule has 4 rings (SSSR count). The number of methoxy groups -OCH3 is 1. The molecule has 118 valence electrons. The van der Waals surface area contributed by atoms with E-state index in [1.165, 1.54) is 5.39 Å². The van der Waals surface area contributed by atoms with Gasteiger partial charge in [-0.05, 0) is 34.4 Å². The number of hydrogen-bond acceptors (Lipinski definition) is 2. The molecule has 4 aromatic rings. The van der Waals surface area contributed by atoms with Gasteiger partial charge in [0, 0.05) is 27.2 Å².